The minimum Gasteiger partial charge on any atom is -0.481 e. The fourth-order valence-corrected chi connectivity index (χ4v) is 2.67. The molecule has 0 spiro atoms. The highest BCUT2D eigenvalue weighted by atomic mass is 16.6. The van der Waals surface area contributed by atoms with Crippen molar-refractivity contribution in [1.82, 2.24) is 0 Å². The summed E-state index contributed by atoms with van der Waals surface area (Å²) in [6, 6.07) is 12.7. The Hall–Kier alpha value is -2.40. The Labute approximate surface area is 141 Å². The van der Waals surface area contributed by atoms with Crippen molar-refractivity contribution in [3.63, 3.8) is 0 Å². The summed E-state index contributed by atoms with van der Waals surface area (Å²) in [6.07, 6.45) is 0.275. The van der Waals surface area contributed by atoms with Gasteiger partial charge < -0.3 is 15.6 Å². The maximum atomic E-state index is 12.2. The summed E-state index contributed by atoms with van der Waals surface area (Å²) in [7, 11) is 0. The van der Waals surface area contributed by atoms with Crippen molar-refractivity contribution in [1.29, 1.82) is 0 Å². The molecule has 0 aliphatic rings. The van der Waals surface area contributed by atoms with Gasteiger partial charge in [0.2, 0.25) is 0 Å². The normalized spacial score (nSPS) is 14.2. The van der Waals surface area contributed by atoms with Crippen LogP contribution in [0.15, 0.2) is 42.5 Å². The molecule has 3 N–H and O–H groups in total. The molecule has 0 aromatic heterocycles. The highest BCUT2D eigenvalue weighted by molar-refractivity contribution is 5.95. The minimum absolute atomic E-state index is 0.275. The summed E-state index contributed by atoms with van der Waals surface area (Å²) in [5.41, 5.74) is 6.23. The summed E-state index contributed by atoms with van der Waals surface area (Å²) in [5, 5.41) is 11.5. The monoisotopic (exact) mass is 329 g/mol. The predicted octanol–water partition coefficient (Wildman–Crippen LogP) is 2.75. The first kappa shape index (κ1) is 17.9. The van der Waals surface area contributed by atoms with E-state index in [0.29, 0.717) is 0 Å². The van der Waals surface area contributed by atoms with E-state index in [1.54, 1.807) is 20.8 Å². The zero-order valence-corrected chi connectivity index (χ0v) is 14.2. The molecule has 2 atom stereocenters. The topological polar surface area (TPSA) is 89.6 Å². The van der Waals surface area contributed by atoms with Crippen LogP contribution in [0.4, 0.5) is 0 Å². The summed E-state index contributed by atoms with van der Waals surface area (Å²) in [6.45, 7) is 5.08. The third-order valence-electron chi connectivity index (χ3n) is 3.69. The largest absolute Gasteiger partial charge is 0.481 e. The van der Waals surface area contributed by atoms with Gasteiger partial charge in [0, 0.05) is 6.04 Å². The summed E-state index contributed by atoms with van der Waals surface area (Å²) < 4.78 is 5.21. The van der Waals surface area contributed by atoms with Gasteiger partial charge in [-0.1, -0.05) is 42.5 Å². The van der Waals surface area contributed by atoms with Gasteiger partial charge in [-0.15, -0.1) is 0 Å². The van der Waals surface area contributed by atoms with Crippen LogP contribution in [0.25, 0.3) is 10.8 Å². The van der Waals surface area contributed by atoms with Crippen LogP contribution >= 0.6 is 0 Å². The fraction of sp³-hybridized carbons (Fsp3) is 0.368. The maximum absolute atomic E-state index is 12.2. The Morgan fingerprint density at radius 1 is 1.12 bits per heavy atom. The van der Waals surface area contributed by atoms with Crippen molar-refractivity contribution in [3.05, 3.63) is 48.0 Å². The number of nitrogens with two attached hydrogens (primary N) is 1. The molecule has 128 valence electrons. The second kappa shape index (κ2) is 7.01. The molecule has 0 aliphatic carbocycles. The van der Waals surface area contributed by atoms with E-state index in [1.165, 1.54) is 0 Å². The minimum atomic E-state index is -1.40. The van der Waals surface area contributed by atoms with Crippen molar-refractivity contribution >= 4 is 22.7 Å². The van der Waals surface area contributed by atoms with E-state index in [4.69, 9.17) is 10.5 Å². The Balaban J connectivity index is 2.26. The lowest BCUT2D eigenvalue weighted by Gasteiger charge is -2.25. The van der Waals surface area contributed by atoms with E-state index in [1.807, 2.05) is 42.5 Å². The Bertz CT molecular complexity index is 743. The first-order valence-corrected chi connectivity index (χ1v) is 7.87. The quantitative estimate of drug-likeness (QED) is 0.650. The van der Waals surface area contributed by atoms with Crippen LogP contribution in [0.2, 0.25) is 0 Å². The van der Waals surface area contributed by atoms with E-state index < -0.39 is 29.5 Å². The number of carboxylic acid groups (broad SMARTS) is 1. The zero-order valence-electron chi connectivity index (χ0n) is 14.2. The number of carbonyl (C=O) groups is 2. The lowest BCUT2D eigenvalue weighted by molar-refractivity contribution is -0.167. The van der Waals surface area contributed by atoms with Crippen molar-refractivity contribution < 1.29 is 19.4 Å². The Morgan fingerprint density at radius 3 is 2.38 bits per heavy atom. The molecule has 0 saturated carbocycles. The summed E-state index contributed by atoms with van der Waals surface area (Å²) >= 11 is 0. The zero-order chi connectivity index (χ0) is 17.9. The molecule has 0 fully saturated rings. The lowest BCUT2D eigenvalue weighted by atomic mass is 9.91. The number of benzene rings is 2. The van der Waals surface area contributed by atoms with Gasteiger partial charge in [-0.2, -0.15) is 0 Å². The number of hydrogen-bond donors (Lipinski definition) is 2. The predicted molar refractivity (Wildman–Crippen MR) is 92.6 cm³/mol. The van der Waals surface area contributed by atoms with Crippen molar-refractivity contribution in [2.75, 3.05) is 0 Å². The van der Waals surface area contributed by atoms with Gasteiger partial charge in [0.05, 0.1) is 0 Å². The van der Waals surface area contributed by atoms with Crippen molar-refractivity contribution in [2.45, 2.75) is 38.8 Å². The summed E-state index contributed by atoms with van der Waals surface area (Å²) in [5.74, 6) is -3.47. The molecule has 2 rings (SSSR count). The number of aliphatic carboxylic acids is 1. The van der Waals surface area contributed by atoms with E-state index in [9.17, 15) is 14.7 Å². The summed E-state index contributed by atoms with van der Waals surface area (Å²) in [4.78, 5) is 23.8. The standard InChI is InChI=1S/C19H23NO4/c1-19(2,3)24-18(23)16(17(21)22)15(20)11-13-9-6-8-12-7-4-5-10-14(12)13/h4-10,15-16H,11,20H2,1-3H3,(H,21,22)/t15?,16-/m0/s1. The van der Waals surface area contributed by atoms with Crippen molar-refractivity contribution in [2.24, 2.45) is 11.7 Å². The smallest absolute Gasteiger partial charge is 0.322 e. The molecule has 24 heavy (non-hydrogen) atoms. The molecule has 1 unspecified atom stereocenters. The number of ether oxygens (including phenoxy) is 1. The highest BCUT2D eigenvalue weighted by Gasteiger charge is 2.36. The fourth-order valence-electron chi connectivity index (χ4n) is 2.67. The SMILES string of the molecule is CC(C)(C)OC(=O)[C@H](C(=O)O)C(N)Cc1cccc2ccccc12. The Kier molecular flexibility index (Phi) is 5.24. The molecule has 5 heteroatoms. The van der Waals surface area contributed by atoms with E-state index in [0.717, 1.165) is 16.3 Å². The molecular formula is C19H23NO4. The number of carboxylic acids is 1. The second-order valence-corrected chi connectivity index (χ2v) is 6.86. The molecule has 0 heterocycles. The number of carbonyl (C=O) groups excluding carboxylic acids is 1. The molecule has 0 aliphatic heterocycles. The number of esters is 1. The van der Waals surface area contributed by atoms with Gasteiger partial charge in [-0.05, 0) is 43.5 Å². The molecular weight excluding hydrogens is 306 g/mol. The van der Waals surface area contributed by atoms with E-state index in [-0.39, 0.29) is 6.42 Å². The molecule has 5 nitrogen and oxygen atoms in total. The first-order valence-electron chi connectivity index (χ1n) is 7.87. The average molecular weight is 329 g/mol. The Morgan fingerprint density at radius 2 is 1.75 bits per heavy atom. The van der Waals surface area contributed by atoms with Crippen LogP contribution in [0.3, 0.4) is 0 Å². The van der Waals surface area contributed by atoms with Crippen LogP contribution in [-0.4, -0.2) is 28.7 Å². The number of rotatable bonds is 5. The first-order chi connectivity index (χ1) is 11.2. The molecule has 2 aromatic carbocycles. The maximum Gasteiger partial charge on any atom is 0.322 e. The van der Waals surface area contributed by atoms with E-state index >= 15 is 0 Å². The molecule has 0 radical (unpaired) electrons. The van der Waals surface area contributed by atoms with Crippen LogP contribution in [-0.2, 0) is 20.7 Å². The van der Waals surface area contributed by atoms with Gasteiger partial charge >= 0.3 is 11.9 Å². The van der Waals surface area contributed by atoms with Gasteiger partial charge in [0.25, 0.3) is 0 Å². The van der Waals surface area contributed by atoms with Crippen LogP contribution < -0.4 is 5.73 Å². The third kappa shape index (κ3) is 4.32. The molecule has 0 bridgehead atoms. The highest BCUT2D eigenvalue weighted by Crippen LogP contribution is 2.22. The molecule has 2 aromatic rings. The lowest BCUT2D eigenvalue weighted by Crippen LogP contribution is -2.45. The number of fused-ring (bicyclic) bond motifs is 1. The van der Waals surface area contributed by atoms with Crippen LogP contribution in [0, 0.1) is 5.92 Å². The average Bonchev–Trinajstić information content (AvgIpc) is 2.45. The van der Waals surface area contributed by atoms with Gasteiger partial charge in [-0.25, -0.2) is 0 Å². The van der Waals surface area contributed by atoms with Gasteiger partial charge in [0.1, 0.15) is 5.60 Å². The van der Waals surface area contributed by atoms with Crippen LogP contribution in [0.1, 0.15) is 26.3 Å². The number of hydrogen-bond acceptors (Lipinski definition) is 4. The second-order valence-electron chi connectivity index (χ2n) is 6.86. The molecule has 0 saturated heterocycles. The third-order valence-corrected chi connectivity index (χ3v) is 3.69. The van der Waals surface area contributed by atoms with Gasteiger partial charge in [0.15, 0.2) is 5.92 Å². The molecule has 0 amide bonds. The van der Waals surface area contributed by atoms with Crippen LogP contribution in [0.5, 0.6) is 0 Å². The van der Waals surface area contributed by atoms with Crippen molar-refractivity contribution in [3.8, 4) is 0 Å². The van der Waals surface area contributed by atoms with Gasteiger partial charge in [-0.3, -0.25) is 9.59 Å². The van der Waals surface area contributed by atoms with E-state index in [2.05, 4.69) is 0 Å².